The van der Waals surface area contributed by atoms with Crippen molar-refractivity contribution >= 4 is 11.8 Å². The number of benzene rings is 1. The molecule has 0 spiro atoms. The van der Waals surface area contributed by atoms with Gasteiger partial charge in [0.15, 0.2) is 5.69 Å². The molecule has 0 fully saturated rings. The van der Waals surface area contributed by atoms with Gasteiger partial charge in [0, 0.05) is 0 Å². The molecule has 114 valence electrons. The monoisotopic (exact) mass is 297 g/mol. The van der Waals surface area contributed by atoms with Crippen molar-refractivity contribution in [3.05, 3.63) is 53.2 Å². The van der Waals surface area contributed by atoms with Crippen LogP contribution in [0.1, 0.15) is 47.9 Å². The molecular formula is C17H19N3O2. The van der Waals surface area contributed by atoms with Crippen LogP contribution in [0.2, 0.25) is 0 Å². The fourth-order valence-corrected chi connectivity index (χ4v) is 3.08. The summed E-state index contributed by atoms with van der Waals surface area (Å²) in [6.07, 6.45) is 0.993. The summed E-state index contributed by atoms with van der Waals surface area (Å²) in [6.45, 7) is 4.50. The lowest BCUT2D eigenvalue weighted by atomic mass is 9.86. The Morgan fingerprint density at radius 3 is 2.68 bits per heavy atom. The largest absolute Gasteiger partial charge is 0.464 e. The molecule has 5 heteroatoms. The summed E-state index contributed by atoms with van der Waals surface area (Å²) >= 11 is 0. The second-order valence-electron chi connectivity index (χ2n) is 6.17. The van der Waals surface area contributed by atoms with E-state index in [4.69, 9.17) is 0 Å². The molecule has 1 unspecified atom stereocenters. The Balaban J connectivity index is 1.81. The lowest BCUT2D eigenvalue weighted by Crippen LogP contribution is -2.15. The number of ether oxygens (including phenoxy) is 1. The number of fused-ring (bicyclic) bond motifs is 1. The van der Waals surface area contributed by atoms with E-state index in [1.165, 1.54) is 18.2 Å². The average molecular weight is 297 g/mol. The van der Waals surface area contributed by atoms with Crippen molar-refractivity contribution in [3.8, 4) is 0 Å². The summed E-state index contributed by atoms with van der Waals surface area (Å²) in [6, 6.07) is 12.0. The maximum atomic E-state index is 11.4. The Morgan fingerprint density at radius 1 is 1.23 bits per heavy atom. The van der Waals surface area contributed by atoms with Crippen LogP contribution in [-0.2, 0) is 10.2 Å². The zero-order valence-corrected chi connectivity index (χ0v) is 13.0. The highest BCUT2D eigenvalue weighted by Gasteiger charge is 2.36. The third-order valence-corrected chi connectivity index (χ3v) is 4.16. The van der Waals surface area contributed by atoms with Gasteiger partial charge in [-0.25, -0.2) is 4.79 Å². The lowest BCUT2D eigenvalue weighted by Gasteiger charge is -2.19. The predicted octanol–water partition coefficient (Wildman–Crippen LogP) is 3.10. The van der Waals surface area contributed by atoms with Crippen LogP contribution in [0.3, 0.4) is 0 Å². The number of carbonyl (C=O) groups is 1. The van der Waals surface area contributed by atoms with E-state index in [0.29, 0.717) is 5.82 Å². The minimum Gasteiger partial charge on any atom is -0.464 e. The minimum absolute atomic E-state index is 0.133. The zero-order valence-electron chi connectivity index (χ0n) is 13.0. The fourth-order valence-electron chi connectivity index (χ4n) is 3.08. The molecule has 1 heterocycles. The third-order valence-electron chi connectivity index (χ3n) is 4.16. The van der Waals surface area contributed by atoms with Crippen molar-refractivity contribution in [2.24, 2.45) is 0 Å². The summed E-state index contributed by atoms with van der Waals surface area (Å²) in [5.41, 5.74) is 3.01. The third kappa shape index (κ3) is 2.54. The van der Waals surface area contributed by atoms with Gasteiger partial charge in [-0.2, -0.15) is 0 Å². The molecule has 0 aliphatic heterocycles. The molecule has 3 rings (SSSR count). The Labute approximate surface area is 129 Å². The Hall–Kier alpha value is -2.43. The molecule has 0 saturated heterocycles. The number of nitrogens with one attached hydrogen (secondary N) is 1. The molecule has 5 nitrogen and oxygen atoms in total. The van der Waals surface area contributed by atoms with Gasteiger partial charge < -0.3 is 10.1 Å². The Morgan fingerprint density at radius 2 is 2.00 bits per heavy atom. The SMILES string of the molecule is COC(=O)c1ccc(NC2CC(C)(C)c3ccccc32)nn1. The van der Waals surface area contributed by atoms with Crippen LogP contribution in [0.4, 0.5) is 5.82 Å². The molecule has 0 amide bonds. The van der Waals surface area contributed by atoms with Gasteiger partial charge in [0.05, 0.1) is 13.2 Å². The number of hydrogen-bond acceptors (Lipinski definition) is 5. The summed E-state index contributed by atoms with van der Waals surface area (Å²) in [5.74, 6) is 0.177. The number of methoxy groups -OCH3 is 1. The van der Waals surface area contributed by atoms with E-state index in [9.17, 15) is 4.79 Å². The summed E-state index contributed by atoms with van der Waals surface area (Å²) in [4.78, 5) is 11.4. The Bertz CT molecular complexity index is 695. The quantitative estimate of drug-likeness (QED) is 0.882. The molecule has 0 saturated carbocycles. The standard InChI is InChI=1S/C17H19N3O2/c1-17(2)10-14(11-6-4-5-7-12(11)17)18-15-9-8-13(19-20-15)16(21)22-3/h4-9,14H,10H2,1-3H3,(H,18,20). The normalized spacial score (nSPS) is 18.6. The number of anilines is 1. The molecule has 22 heavy (non-hydrogen) atoms. The number of aromatic nitrogens is 2. The topological polar surface area (TPSA) is 64.1 Å². The second-order valence-corrected chi connectivity index (χ2v) is 6.17. The van der Waals surface area contributed by atoms with Crippen LogP contribution in [0.5, 0.6) is 0 Å². The molecule has 1 aromatic carbocycles. The van der Waals surface area contributed by atoms with Crippen LogP contribution in [0.15, 0.2) is 36.4 Å². The van der Waals surface area contributed by atoms with Crippen LogP contribution < -0.4 is 5.32 Å². The van der Waals surface area contributed by atoms with Crippen molar-refractivity contribution in [1.29, 1.82) is 0 Å². The van der Waals surface area contributed by atoms with E-state index in [2.05, 4.69) is 58.4 Å². The van der Waals surface area contributed by atoms with Gasteiger partial charge in [0.2, 0.25) is 0 Å². The maximum absolute atomic E-state index is 11.4. The fraction of sp³-hybridized carbons (Fsp3) is 0.353. The Kier molecular flexibility index (Phi) is 3.56. The van der Waals surface area contributed by atoms with Crippen molar-refractivity contribution in [2.75, 3.05) is 12.4 Å². The molecule has 1 atom stereocenters. The van der Waals surface area contributed by atoms with Crippen molar-refractivity contribution in [2.45, 2.75) is 31.7 Å². The van der Waals surface area contributed by atoms with Crippen LogP contribution >= 0.6 is 0 Å². The number of nitrogens with zero attached hydrogens (tertiary/aromatic N) is 2. The second kappa shape index (κ2) is 5.40. The minimum atomic E-state index is -0.480. The molecule has 0 radical (unpaired) electrons. The van der Waals surface area contributed by atoms with E-state index >= 15 is 0 Å². The lowest BCUT2D eigenvalue weighted by molar-refractivity contribution is 0.0593. The van der Waals surface area contributed by atoms with Crippen molar-refractivity contribution in [1.82, 2.24) is 10.2 Å². The number of hydrogen-bond donors (Lipinski definition) is 1. The van der Waals surface area contributed by atoms with E-state index in [1.807, 2.05) is 0 Å². The van der Waals surface area contributed by atoms with Gasteiger partial charge in [-0.15, -0.1) is 10.2 Å². The average Bonchev–Trinajstić information content (AvgIpc) is 2.79. The first-order chi connectivity index (χ1) is 10.5. The number of carbonyl (C=O) groups excluding carboxylic acids is 1. The molecule has 1 aliphatic rings. The predicted molar refractivity (Wildman–Crippen MR) is 83.8 cm³/mol. The molecule has 2 aromatic rings. The smallest absolute Gasteiger partial charge is 0.358 e. The van der Waals surface area contributed by atoms with Crippen LogP contribution in [0, 0.1) is 0 Å². The first kappa shape index (κ1) is 14.5. The van der Waals surface area contributed by atoms with Gasteiger partial charge in [0.1, 0.15) is 5.82 Å². The highest BCUT2D eigenvalue weighted by Crippen LogP contribution is 2.45. The highest BCUT2D eigenvalue weighted by atomic mass is 16.5. The molecule has 0 bridgehead atoms. The van der Waals surface area contributed by atoms with Gasteiger partial charge in [-0.3, -0.25) is 0 Å². The van der Waals surface area contributed by atoms with E-state index in [0.717, 1.165) is 6.42 Å². The van der Waals surface area contributed by atoms with Gasteiger partial charge in [-0.05, 0) is 35.1 Å². The summed E-state index contributed by atoms with van der Waals surface area (Å²) in [5, 5.41) is 11.4. The van der Waals surface area contributed by atoms with Crippen molar-refractivity contribution < 1.29 is 9.53 Å². The maximum Gasteiger partial charge on any atom is 0.358 e. The van der Waals surface area contributed by atoms with Gasteiger partial charge >= 0.3 is 5.97 Å². The molecule has 1 N–H and O–H groups in total. The van der Waals surface area contributed by atoms with Crippen molar-refractivity contribution in [3.63, 3.8) is 0 Å². The van der Waals surface area contributed by atoms with Crippen LogP contribution in [-0.4, -0.2) is 23.3 Å². The molecule has 1 aromatic heterocycles. The number of esters is 1. The summed E-state index contributed by atoms with van der Waals surface area (Å²) in [7, 11) is 1.33. The van der Waals surface area contributed by atoms with E-state index in [1.54, 1.807) is 12.1 Å². The zero-order chi connectivity index (χ0) is 15.7. The summed E-state index contributed by atoms with van der Waals surface area (Å²) < 4.78 is 4.62. The first-order valence-corrected chi connectivity index (χ1v) is 7.29. The van der Waals surface area contributed by atoms with E-state index < -0.39 is 5.97 Å². The van der Waals surface area contributed by atoms with Crippen LogP contribution in [0.25, 0.3) is 0 Å². The van der Waals surface area contributed by atoms with Gasteiger partial charge in [0.25, 0.3) is 0 Å². The molecular weight excluding hydrogens is 278 g/mol. The van der Waals surface area contributed by atoms with Gasteiger partial charge in [-0.1, -0.05) is 38.1 Å². The molecule has 1 aliphatic carbocycles. The van der Waals surface area contributed by atoms with E-state index in [-0.39, 0.29) is 17.2 Å². The highest BCUT2D eigenvalue weighted by molar-refractivity contribution is 5.86. The number of rotatable bonds is 3. The first-order valence-electron chi connectivity index (χ1n) is 7.29.